The molecule has 116 valence electrons. The summed E-state index contributed by atoms with van der Waals surface area (Å²) in [6.07, 6.45) is 0.478. The highest BCUT2D eigenvalue weighted by molar-refractivity contribution is 7.89. The highest BCUT2D eigenvalue weighted by Gasteiger charge is 2.30. The molecule has 1 amide bonds. The molecule has 1 aromatic carbocycles. The van der Waals surface area contributed by atoms with E-state index < -0.39 is 34.5 Å². The van der Waals surface area contributed by atoms with Gasteiger partial charge in [-0.05, 0) is 37.6 Å². The summed E-state index contributed by atoms with van der Waals surface area (Å²) in [5, 5.41) is 8.89. The minimum atomic E-state index is -3.95. The number of carboxylic acid groups (broad SMARTS) is 1. The quantitative estimate of drug-likeness (QED) is 0.766. The molecule has 0 fully saturated rings. The summed E-state index contributed by atoms with van der Waals surface area (Å²) in [7, 11) is -3.95. The summed E-state index contributed by atoms with van der Waals surface area (Å²) in [6, 6.07) is 4.62. The van der Waals surface area contributed by atoms with Gasteiger partial charge in [-0.3, -0.25) is 9.59 Å². The summed E-state index contributed by atoms with van der Waals surface area (Å²) < 4.78 is 25.9. The predicted octanol–water partition coefficient (Wildman–Crippen LogP) is 0.659. The number of hydrogen-bond donors (Lipinski definition) is 2. The molecule has 0 aliphatic rings. The Bertz CT molecular complexity index is 624. The van der Waals surface area contributed by atoms with Crippen molar-refractivity contribution in [3.63, 3.8) is 0 Å². The molecular formula is C13H18N2O5S. The number of nitrogens with two attached hydrogens (primary N) is 1. The third-order valence-electron chi connectivity index (χ3n) is 3.12. The van der Waals surface area contributed by atoms with Gasteiger partial charge in [0.05, 0.1) is 4.90 Å². The number of nitrogens with zero attached hydrogens (tertiary/aromatic N) is 1. The van der Waals surface area contributed by atoms with Crippen LogP contribution >= 0.6 is 0 Å². The van der Waals surface area contributed by atoms with Crippen LogP contribution in [0.3, 0.4) is 0 Å². The Morgan fingerprint density at radius 1 is 1.29 bits per heavy atom. The van der Waals surface area contributed by atoms with Crippen LogP contribution in [0, 0.1) is 0 Å². The van der Waals surface area contributed by atoms with Crippen molar-refractivity contribution in [2.45, 2.75) is 31.2 Å². The summed E-state index contributed by atoms with van der Waals surface area (Å²) >= 11 is 0. The Morgan fingerprint density at radius 2 is 1.81 bits per heavy atom. The molecule has 0 aromatic heterocycles. The highest BCUT2D eigenvalue weighted by Crippen LogP contribution is 2.20. The number of carbonyl (C=O) groups is 2. The van der Waals surface area contributed by atoms with Gasteiger partial charge < -0.3 is 10.8 Å². The van der Waals surface area contributed by atoms with Crippen LogP contribution in [-0.4, -0.2) is 42.3 Å². The first-order valence-corrected chi connectivity index (χ1v) is 7.77. The molecule has 0 aliphatic carbocycles. The minimum Gasteiger partial charge on any atom is -0.480 e. The molecule has 1 atom stereocenters. The number of sulfonamides is 1. The summed E-state index contributed by atoms with van der Waals surface area (Å²) in [4.78, 5) is 21.8. The maximum atomic E-state index is 12.5. The highest BCUT2D eigenvalue weighted by atomic mass is 32.2. The lowest BCUT2D eigenvalue weighted by Gasteiger charge is -2.26. The molecule has 8 heteroatoms. The zero-order valence-corrected chi connectivity index (χ0v) is 12.6. The van der Waals surface area contributed by atoms with Crippen LogP contribution in [0.5, 0.6) is 0 Å². The van der Waals surface area contributed by atoms with E-state index in [1.54, 1.807) is 13.8 Å². The third-order valence-corrected chi connectivity index (χ3v) is 5.09. The van der Waals surface area contributed by atoms with Crippen molar-refractivity contribution in [1.29, 1.82) is 0 Å². The van der Waals surface area contributed by atoms with E-state index in [1.165, 1.54) is 24.3 Å². The molecule has 3 N–H and O–H groups in total. The van der Waals surface area contributed by atoms with Gasteiger partial charge in [-0.2, -0.15) is 4.31 Å². The van der Waals surface area contributed by atoms with Gasteiger partial charge in [0.2, 0.25) is 15.9 Å². The summed E-state index contributed by atoms with van der Waals surface area (Å²) in [5.41, 5.74) is 5.27. The van der Waals surface area contributed by atoms with Crippen LogP contribution in [0.25, 0.3) is 0 Å². The summed E-state index contributed by atoms with van der Waals surface area (Å²) in [5.74, 6) is -1.89. The van der Waals surface area contributed by atoms with Crippen LogP contribution in [0.15, 0.2) is 29.2 Å². The lowest BCUT2D eigenvalue weighted by molar-refractivity contribution is -0.137. The van der Waals surface area contributed by atoms with Crippen LogP contribution in [0.2, 0.25) is 0 Å². The van der Waals surface area contributed by atoms with Gasteiger partial charge in [-0.25, -0.2) is 8.42 Å². The molecule has 1 rings (SSSR count). The number of hydrogen-bond acceptors (Lipinski definition) is 4. The van der Waals surface area contributed by atoms with E-state index in [0.717, 1.165) is 4.31 Å². The Morgan fingerprint density at radius 3 is 2.19 bits per heavy atom. The molecule has 0 heterocycles. The van der Waals surface area contributed by atoms with Crippen molar-refractivity contribution < 1.29 is 23.1 Å². The molecule has 0 saturated heterocycles. The van der Waals surface area contributed by atoms with Gasteiger partial charge in [-0.15, -0.1) is 0 Å². The monoisotopic (exact) mass is 314 g/mol. The largest absolute Gasteiger partial charge is 0.480 e. The number of amides is 1. The van der Waals surface area contributed by atoms with E-state index in [2.05, 4.69) is 0 Å². The number of rotatable bonds is 7. The van der Waals surface area contributed by atoms with Gasteiger partial charge in [0.25, 0.3) is 0 Å². The van der Waals surface area contributed by atoms with E-state index in [-0.39, 0.29) is 10.5 Å². The van der Waals surface area contributed by atoms with Crippen LogP contribution < -0.4 is 5.73 Å². The first kappa shape index (κ1) is 17.1. The van der Waals surface area contributed by atoms with E-state index in [9.17, 15) is 18.0 Å². The molecule has 1 unspecified atom stereocenters. The molecule has 0 bridgehead atoms. The van der Waals surface area contributed by atoms with Crippen LogP contribution in [-0.2, 0) is 14.8 Å². The maximum absolute atomic E-state index is 12.5. The average molecular weight is 314 g/mol. The Balaban J connectivity index is 3.21. The van der Waals surface area contributed by atoms with Gasteiger partial charge in [0.1, 0.15) is 6.54 Å². The van der Waals surface area contributed by atoms with Crippen molar-refractivity contribution in [2.75, 3.05) is 6.54 Å². The number of primary amides is 1. The number of benzene rings is 1. The molecule has 0 radical (unpaired) electrons. The fourth-order valence-electron chi connectivity index (χ4n) is 1.74. The third kappa shape index (κ3) is 4.02. The van der Waals surface area contributed by atoms with Crippen LogP contribution in [0.1, 0.15) is 30.6 Å². The number of carboxylic acids is 1. The van der Waals surface area contributed by atoms with Crippen LogP contribution in [0.4, 0.5) is 0 Å². The van der Waals surface area contributed by atoms with Crippen molar-refractivity contribution in [2.24, 2.45) is 5.73 Å². The minimum absolute atomic E-state index is 0.0750. The summed E-state index contributed by atoms with van der Waals surface area (Å²) in [6.45, 7) is 2.79. The molecule has 0 spiro atoms. The number of carbonyl (C=O) groups excluding carboxylic acids is 1. The van der Waals surface area contributed by atoms with Crippen molar-refractivity contribution >= 4 is 21.9 Å². The zero-order valence-electron chi connectivity index (χ0n) is 11.8. The Hall–Kier alpha value is -1.93. The van der Waals surface area contributed by atoms with E-state index in [1.807, 2.05) is 0 Å². The fraction of sp³-hybridized carbons (Fsp3) is 0.385. The Kier molecular flexibility index (Phi) is 5.45. The normalized spacial score (nSPS) is 13.1. The molecule has 0 aliphatic heterocycles. The topological polar surface area (TPSA) is 118 Å². The predicted molar refractivity (Wildman–Crippen MR) is 76.2 cm³/mol. The second-order valence-corrected chi connectivity index (χ2v) is 6.48. The van der Waals surface area contributed by atoms with Crippen molar-refractivity contribution in [3.05, 3.63) is 29.8 Å². The van der Waals surface area contributed by atoms with E-state index in [0.29, 0.717) is 6.42 Å². The molecular weight excluding hydrogens is 296 g/mol. The van der Waals surface area contributed by atoms with Crippen molar-refractivity contribution in [1.82, 2.24) is 4.31 Å². The van der Waals surface area contributed by atoms with Gasteiger partial charge in [-0.1, -0.05) is 6.92 Å². The average Bonchev–Trinajstić information content (AvgIpc) is 2.43. The lowest BCUT2D eigenvalue weighted by atomic mass is 10.2. The molecule has 1 aromatic rings. The van der Waals surface area contributed by atoms with Crippen molar-refractivity contribution in [3.8, 4) is 0 Å². The SMILES string of the molecule is CCC(C)N(CC(=O)O)S(=O)(=O)c1ccc(C(N)=O)cc1. The van der Waals surface area contributed by atoms with Gasteiger partial charge in [0.15, 0.2) is 0 Å². The first-order chi connectivity index (χ1) is 9.70. The number of aliphatic carboxylic acids is 1. The lowest BCUT2D eigenvalue weighted by Crippen LogP contribution is -2.41. The first-order valence-electron chi connectivity index (χ1n) is 6.33. The molecule has 7 nitrogen and oxygen atoms in total. The molecule has 0 saturated carbocycles. The van der Waals surface area contributed by atoms with Gasteiger partial charge >= 0.3 is 5.97 Å². The standard InChI is InChI=1S/C13H18N2O5S/c1-3-9(2)15(8-12(16)17)21(19,20)11-6-4-10(5-7-11)13(14)18/h4-7,9H,3,8H2,1-2H3,(H2,14,18)(H,16,17). The fourth-order valence-corrected chi connectivity index (χ4v) is 3.40. The molecule has 21 heavy (non-hydrogen) atoms. The second kappa shape index (κ2) is 6.68. The van der Waals surface area contributed by atoms with E-state index in [4.69, 9.17) is 10.8 Å². The second-order valence-electron chi connectivity index (χ2n) is 4.59. The smallest absolute Gasteiger partial charge is 0.318 e. The Labute approximate surface area is 123 Å². The zero-order chi connectivity index (χ0) is 16.2. The van der Waals surface area contributed by atoms with E-state index >= 15 is 0 Å². The van der Waals surface area contributed by atoms with Gasteiger partial charge in [0, 0.05) is 11.6 Å². The maximum Gasteiger partial charge on any atom is 0.318 e.